The summed E-state index contributed by atoms with van der Waals surface area (Å²) >= 11 is 5.80. The van der Waals surface area contributed by atoms with Crippen LogP contribution in [0.3, 0.4) is 0 Å². The maximum absolute atomic E-state index is 5.80. The Bertz CT molecular complexity index is 576. The molecule has 1 saturated carbocycles. The van der Waals surface area contributed by atoms with Crippen LogP contribution in [0.2, 0.25) is 5.28 Å². The van der Waals surface area contributed by atoms with Gasteiger partial charge in [-0.05, 0) is 30.5 Å². The van der Waals surface area contributed by atoms with Gasteiger partial charge in [0.15, 0.2) is 5.82 Å². The molecule has 94 valence electrons. The zero-order valence-electron chi connectivity index (χ0n) is 10.3. The minimum Gasteiger partial charge on any atom is -0.313 e. The van der Waals surface area contributed by atoms with E-state index in [1.54, 1.807) is 6.20 Å². The Kier molecular flexibility index (Phi) is 2.70. The molecule has 0 atom stereocenters. The summed E-state index contributed by atoms with van der Waals surface area (Å²) in [6, 6.07) is 3.94. The summed E-state index contributed by atoms with van der Waals surface area (Å²) in [5.74, 6) is 2.31. The first-order valence-corrected chi connectivity index (χ1v) is 6.29. The van der Waals surface area contributed by atoms with Crippen LogP contribution in [0.1, 0.15) is 24.5 Å². The molecule has 0 aliphatic heterocycles. The zero-order valence-corrected chi connectivity index (χ0v) is 11.1. The second-order valence-electron chi connectivity index (χ2n) is 4.57. The van der Waals surface area contributed by atoms with Crippen molar-refractivity contribution in [3.05, 3.63) is 29.3 Å². The summed E-state index contributed by atoms with van der Waals surface area (Å²) in [7, 11) is 3.91. The second kappa shape index (κ2) is 4.24. The summed E-state index contributed by atoms with van der Waals surface area (Å²) in [4.78, 5) is 9.97. The molecule has 5 nitrogen and oxygen atoms in total. The van der Waals surface area contributed by atoms with Gasteiger partial charge in [0.2, 0.25) is 5.28 Å². The standard InChI is InChI=1S/C12H14ClN5/c1-17(10-5-6-14-12(13)15-10)11-7-9(8-3-4-8)18(2)16-11/h5-8H,3-4H2,1-2H3. The van der Waals surface area contributed by atoms with Crippen LogP contribution in [0.4, 0.5) is 11.6 Å². The lowest BCUT2D eigenvalue weighted by Gasteiger charge is -2.14. The maximum Gasteiger partial charge on any atom is 0.224 e. The average molecular weight is 264 g/mol. The van der Waals surface area contributed by atoms with Gasteiger partial charge in [0, 0.05) is 38.0 Å². The molecule has 0 amide bonds. The summed E-state index contributed by atoms with van der Waals surface area (Å²) < 4.78 is 1.95. The minimum absolute atomic E-state index is 0.248. The zero-order chi connectivity index (χ0) is 12.7. The molecular formula is C12H14ClN5. The highest BCUT2D eigenvalue weighted by molar-refractivity contribution is 6.28. The number of nitrogens with zero attached hydrogens (tertiary/aromatic N) is 5. The number of hydrogen-bond acceptors (Lipinski definition) is 4. The van der Waals surface area contributed by atoms with Crippen molar-refractivity contribution in [1.82, 2.24) is 19.7 Å². The predicted molar refractivity (Wildman–Crippen MR) is 70.3 cm³/mol. The summed E-state index contributed by atoms with van der Waals surface area (Å²) in [6.07, 6.45) is 4.18. The van der Waals surface area contributed by atoms with E-state index >= 15 is 0 Å². The average Bonchev–Trinajstić information content (AvgIpc) is 3.12. The largest absolute Gasteiger partial charge is 0.313 e. The van der Waals surface area contributed by atoms with Gasteiger partial charge in [-0.1, -0.05) is 0 Å². The van der Waals surface area contributed by atoms with E-state index in [4.69, 9.17) is 11.6 Å². The van der Waals surface area contributed by atoms with Gasteiger partial charge in [-0.15, -0.1) is 0 Å². The lowest BCUT2D eigenvalue weighted by molar-refractivity contribution is 0.712. The molecule has 2 heterocycles. The van der Waals surface area contributed by atoms with Crippen LogP contribution in [0.15, 0.2) is 18.3 Å². The molecule has 0 bridgehead atoms. The van der Waals surface area contributed by atoms with E-state index in [0.29, 0.717) is 5.92 Å². The van der Waals surface area contributed by atoms with Crippen molar-refractivity contribution in [1.29, 1.82) is 0 Å². The highest BCUT2D eigenvalue weighted by atomic mass is 35.5. The van der Waals surface area contributed by atoms with Crippen LogP contribution in [0.25, 0.3) is 0 Å². The Balaban J connectivity index is 1.92. The molecule has 1 aliphatic carbocycles. The van der Waals surface area contributed by atoms with E-state index in [-0.39, 0.29) is 5.28 Å². The van der Waals surface area contributed by atoms with Gasteiger partial charge < -0.3 is 4.90 Å². The first kappa shape index (κ1) is 11.5. The lowest BCUT2D eigenvalue weighted by atomic mass is 10.3. The summed E-state index contributed by atoms with van der Waals surface area (Å²) in [6.45, 7) is 0. The van der Waals surface area contributed by atoms with Gasteiger partial charge in [0.25, 0.3) is 0 Å². The molecule has 1 aliphatic rings. The van der Waals surface area contributed by atoms with Crippen molar-refractivity contribution in [2.45, 2.75) is 18.8 Å². The monoisotopic (exact) mass is 263 g/mol. The van der Waals surface area contributed by atoms with Crippen LogP contribution in [-0.2, 0) is 7.05 Å². The number of anilines is 2. The van der Waals surface area contributed by atoms with E-state index < -0.39 is 0 Å². The van der Waals surface area contributed by atoms with E-state index in [9.17, 15) is 0 Å². The fourth-order valence-electron chi connectivity index (χ4n) is 2.02. The molecule has 2 aromatic rings. The SMILES string of the molecule is CN(c1ccnc(Cl)n1)c1cc(C2CC2)n(C)n1. The van der Waals surface area contributed by atoms with Gasteiger partial charge in [0.05, 0.1) is 0 Å². The van der Waals surface area contributed by atoms with Crippen molar-refractivity contribution < 1.29 is 0 Å². The molecular weight excluding hydrogens is 250 g/mol. The lowest BCUT2D eigenvalue weighted by Crippen LogP contribution is -2.12. The highest BCUT2D eigenvalue weighted by Crippen LogP contribution is 2.41. The van der Waals surface area contributed by atoms with Crippen LogP contribution in [-0.4, -0.2) is 26.8 Å². The van der Waals surface area contributed by atoms with Crippen LogP contribution >= 0.6 is 11.6 Å². The minimum atomic E-state index is 0.248. The number of aryl methyl sites for hydroxylation is 1. The van der Waals surface area contributed by atoms with E-state index in [1.807, 2.05) is 29.7 Å². The Morgan fingerprint density at radius 2 is 2.17 bits per heavy atom. The van der Waals surface area contributed by atoms with Crippen molar-refractivity contribution >= 4 is 23.2 Å². The molecule has 0 N–H and O–H groups in total. The molecule has 0 unspecified atom stereocenters. The smallest absolute Gasteiger partial charge is 0.224 e. The third kappa shape index (κ3) is 2.06. The van der Waals surface area contributed by atoms with E-state index in [0.717, 1.165) is 11.6 Å². The molecule has 0 saturated heterocycles. The molecule has 0 aromatic carbocycles. The Labute approximate surface area is 110 Å². The topological polar surface area (TPSA) is 46.8 Å². The van der Waals surface area contributed by atoms with Gasteiger partial charge in [-0.25, -0.2) is 9.97 Å². The molecule has 0 spiro atoms. The number of halogens is 1. The van der Waals surface area contributed by atoms with Crippen molar-refractivity contribution in [3.63, 3.8) is 0 Å². The van der Waals surface area contributed by atoms with Crippen LogP contribution in [0.5, 0.6) is 0 Å². The molecule has 3 rings (SSSR count). The van der Waals surface area contributed by atoms with E-state index in [1.165, 1.54) is 18.5 Å². The van der Waals surface area contributed by atoms with Crippen molar-refractivity contribution in [2.24, 2.45) is 7.05 Å². The molecule has 18 heavy (non-hydrogen) atoms. The van der Waals surface area contributed by atoms with Gasteiger partial charge in [-0.2, -0.15) is 5.10 Å². The van der Waals surface area contributed by atoms with E-state index in [2.05, 4.69) is 21.1 Å². The van der Waals surface area contributed by atoms with Crippen molar-refractivity contribution in [3.8, 4) is 0 Å². The molecule has 6 heteroatoms. The molecule has 0 radical (unpaired) electrons. The summed E-state index contributed by atoms with van der Waals surface area (Å²) in [5.41, 5.74) is 1.29. The first-order chi connectivity index (χ1) is 8.65. The second-order valence-corrected chi connectivity index (χ2v) is 4.91. The van der Waals surface area contributed by atoms with Gasteiger partial charge in [-0.3, -0.25) is 4.68 Å². The van der Waals surface area contributed by atoms with Gasteiger partial charge >= 0.3 is 0 Å². The number of aromatic nitrogens is 4. The quantitative estimate of drug-likeness (QED) is 0.799. The Hall–Kier alpha value is -1.62. The fraction of sp³-hybridized carbons (Fsp3) is 0.417. The Morgan fingerprint density at radius 1 is 1.39 bits per heavy atom. The van der Waals surface area contributed by atoms with Gasteiger partial charge in [0.1, 0.15) is 5.82 Å². The third-order valence-electron chi connectivity index (χ3n) is 3.20. The normalized spacial score (nSPS) is 14.8. The molecule has 2 aromatic heterocycles. The third-order valence-corrected chi connectivity index (χ3v) is 3.38. The van der Waals surface area contributed by atoms with Crippen LogP contribution < -0.4 is 4.90 Å². The highest BCUT2D eigenvalue weighted by Gasteiger charge is 2.27. The number of rotatable bonds is 3. The maximum atomic E-state index is 5.80. The van der Waals surface area contributed by atoms with Crippen molar-refractivity contribution in [2.75, 3.05) is 11.9 Å². The Morgan fingerprint density at radius 3 is 2.83 bits per heavy atom. The molecule has 1 fully saturated rings. The first-order valence-electron chi connectivity index (χ1n) is 5.91. The summed E-state index contributed by atoms with van der Waals surface area (Å²) in [5, 5.41) is 4.76. The van der Waals surface area contributed by atoms with Crippen LogP contribution in [0, 0.1) is 0 Å². The predicted octanol–water partition coefficient (Wildman–Crippen LogP) is 2.51. The fourth-order valence-corrected chi connectivity index (χ4v) is 2.16. The number of hydrogen-bond donors (Lipinski definition) is 0.